The van der Waals surface area contributed by atoms with Gasteiger partial charge in [-0.1, -0.05) is 0 Å². The predicted octanol–water partition coefficient (Wildman–Crippen LogP) is 4.75. The molecular formula is C10H7F2IS. The zero-order valence-corrected chi connectivity index (χ0v) is 10.3. The number of rotatable bonds is 1. The van der Waals surface area contributed by atoms with E-state index < -0.39 is 6.43 Å². The van der Waals surface area contributed by atoms with Gasteiger partial charge in [-0.3, -0.25) is 0 Å². The molecule has 1 aromatic carbocycles. The van der Waals surface area contributed by atoms with Gasteiger partial charge in [0.15, 0.2) is 0 Å². The average Bonchev–Trinajstić information content (AvgIpc) is 2.59. The first-order valence-corrected chi connectivity index (χ1v) is 6.01. The first-order chi connectivity index (χ1) is 6.61. The fraction of sp³-hybridized carbons (Fsp3) is 0.200. The molecule has 0 aliphatic heterocycles. The van der Waals surface area contributed by atoms with E-state index in [1.54, 1.807) is 6.07 Å². The highest BCUT2D eigenvalue weighted by Gasteiger charge is 2.15. The van der Waals surface area contributed by atoms with E-state index in [1.807, 2.05) is 18.4 Å². The van der Waals surface area contributed by atoms with Crippen LogP contribution in [0.5, 0.6) is 0 Å². The van der Waals surface area contributed by atoms with E-state index in [4.69, 9.17) is 0 Å². The summed E-state index contributed by atoms with van der Waals surface area (Å²) < 4.78 is 27.0. The number of fused-ring (bicyclic) bond motifs is 1. The van der Waals surface area contributed by atoms with Crippen molar-refractivity contribution in [3.8, 4) is 0 Å². The minimum absolute atomic E-state index is 0.157. The number of benzene rings is 1. The van der Waals surface area contributed by atoms with Crippen LogP contribution in [0.2, 0.25) is 0 Å². The SMILES string of the molecule is Cc1c(I)cc(C(F)F)c2sccc12. The zero-order chi connectivity index (χ0) is 10.3. The third-order valence-corrected chi connectivity index (χ3v) is 4.29. The lowest BCUT2D eigenvalue weighted by molar-refractivity contribution is 0.153. The van der Waals surface area contributed by atoms with Crippen LogP contribution in [0, 0.1) is 10.5 Å². The third kappa shape index (κ3) is 1.54. The molecule has 0 aliphatic rings. The number of thiophene rings is 1. The molecule has 1 heterocycles. The van der Waals surface area contributed by atoms with Crippen molar-refractivity contribution in [3.05, 3.63) is 32.2 Å². The van der Waals surface area contributed by atoms with Crippen LogP contribution in [-0.4, -0.2) is 0 Å². The fourth-order valence-electron chi connectivity index (χ4n) is 1.43. The van der Waals surface area contributed by atoms with E-state index in [2.05, 4.69) is 22.6 Å². The second-order valence-electron chi connectivity index (χ2n) is 3.04. The highest BCUT2D eigenvalue weighted by molar-refractivity contribution is 14.1. The van der Waals surface area contributed by atoms with Crippen LogP contribution in [0.1, 0.15) is 17.6 Å². The summed E-state index contributed by atoms with van der Waals surface area (Å²) in [5.74, 6) is 0. The third-order valence-electron chi connectivity index (χ3n) is 2.21. The van der Waals surface area contributed by atoms with E-state index in [-0.39, 0.29) is 5.56 Å². The Morgan fingerprint density at radius 1 is 1.43 bits per heavy atom. The molecule has 0 saturated heterocycles. The molecule has 0 saturated carbocycles. The summed E-state index contributed by atoms with van der Waals surface area (Å²) in [5, 5.41) is 2.82. The second-order valence-corrected chi connectivity index (χ2v) is 5.12. The molecule has 0 N–H and O–H groups in total. The predicted molar refractivity (Wildman–Crippen MR) is 64.2 cm³/mol. The summed E-state index contributed by atoms with van der Waals surface area (Å²) in [6.07, 6.45) is -2.38. The van der Waals surface area contributed by atoms with Crippen molar-refractivity contribution in [2.45, 2.75) is 13.3 Å². The Balaban J connectivity index is 2.84. The van der Waals surface area contributed by atoms with Crippen LogP contribution in [-0.2, 0) is 0 Å². The lowest BCUT2D eigenvalue weighted by Gasteiger charge is -2.06. The summed E-state index contributed by atoms with van der Waals surface area (Å²) in [6.45, 7) is 1.96. The average molecular weight is 324 g/mol. The van der Waals surface area contributed by atoms with Crippen molar-refractivity contribution >= 4 is 44.0 Å². The van der Waals surface area contributed by atoms with Crippen molar-refractivity contribution in [2.75, 3.05) is 0 Å². The topological polar surface area (TPSA) is 0 Å². The van der Waals surface area contributed by atoms with Crippen LogP contribution >= 0.6 is 33.9 Å². The molecule has 1 aromatic heterocycles. The minimum atomic E-state index is -2.38. The highest BCUT2D eigenvalue weighted by atomic mass is 127. The molecule has 14 heavy (non-hydrogen) atoms. The van der Waals surface area contributed by atoms with Crippen molar-refractivity contribution in [2.24, 2.45) is 0 Å². The normalized spacial score (nSPS) is 11.5. The van der Waals surface area contributed by atoms with E-state index in [0.717, 1.165) is 19.2 Å². The lowest BCUT2D eigenvalue weighted by Crippen LogP contribution is -1.89. The molecule has 4 heteroatoms. The standard InChI is InChI=1S/C10H7F2IS/c1-5-6-2-3-14-9(6)7(10(11)12)4-8(5)13/h2-4,10H,1H3. The van der Waals surface area contributed by atoms with E-state index in [1.165, 1.54) is 11.3 Å². The fourth-order valence-corrected chi connectivity index (χ4v) is 3.03. The van der Waals surface area contributed by atoms with Gasteiger partial charge in [-0.2, -0.15) is 0 Å². The molecule has 0 nitrogen and oxygen atoms in total. The van der Waals surface area contributed by atoms with Crippen LogP contribution in [0.4, 0.5) is 8.78 Å². The van der Waals surface area contributed by atoms with E-state index in [0.29, 0.717) is 0 Å². The monoisotopic (exact) mass is 324 g/mol. The Morgan fingerprint density at radius 3 is 2.79 bits per heavy atom. The number of hydrogen-bond acceptors (Lipinski definition) is 1. The smallest absolute Gasteiger partial charge is 0.205 e. The Morgan fingerprint density at radius 2 is 2.14 bits per heavy atom. The van der Waals surface area contributed by atoms with Gasteiger partial charge in [0.2, 0.25) is 0 Å². The van der Waals surface area contributed by atoms with E-state index >= 15 is 0 Å². The summed E-state index contributed by atoms with van der Waals surface area (Å²) in [4.78, 5) is 0. The molecule has 0 radical (unpaired) electrons. The van der Waals surface area contributed by atoms with Crippen molar-refractivity contribution in [3.63, 3.8) is 0 Å². The van der Waals surface area contributed by atoms with Gasteiger partial charge in [0.25, 0.3) is 6.43 Å². The molecule has 0 aliphatic carbocycles. The summed E-state index contributed by atoms with van der Waals surface area (Å²) >= 11 is 3.48. The minimum Gasteiger partial charge on any atom is -0.205 e. The molecule has 2 aromatic rings. The summed E-state index contributed by atoms with van der Waals surface area (Å²) in [6, 6.07) is 3.49. The first kappa shape index (κ1) is 10.3. The van der Waals surface area contributed by atoms with Crippen LogP contribution in [0.15, 0.2) is 17.5 Å². The Hall–Kier alpha value is -0.230. The molecular weight excluding hydrogens is 317 g/mol. The molecule has 0 amide bonds. The van der Waals surface area contributed by atoms with Crippen molar-refractivity contribution in [1.29, 1.82) is 0 Å². The molecule has 74 valence electrons. The number of aryl methyl sites for hydroxylation is 1. The van der Waals surface area contributed by atoms with Gasteiger partial charge in [-0.25, -0.2) is 8.78 Å². The lowest BCUT2D eigenvalue weighted by atomic mass is 10.1. The van der Waals surface area contributed by atoms with Gasteiger partial charge in [0, 0.05) is 13.8 Å². The first-order valence-electron chi connectivity index (χ1n) is 4.05. The molecule has 0 fully saturated rings. The van der Waals surface area contributed by atoms with Crippen LogP contribution < -0.4 is 0 Å². The van der Waals surface area contributed by atoms with Gasteiger partial charge < -0.3 is 0 Å². The molecule has 2 rings (SSSR count). The van der Waals surface area contributed by atoms with Gasteiger partial charge in [0.05, 0.1) is 0 Å². The molecule has 0 atom stereocenters. The van der Waals surface area contributed by atoms with Gasteiger partial charge in [-0.05, 0) is 58.0 Å². The van der Waals surface area contributed by atoms with E-state index in [9.17, 15) is 8.78 Å². The second kappa shape index (κ2) is 3.73. The molecule has 0 spiro atoms. The van der Waals surface area contributed by atoms with Crippen molar-refractivity contribution < 1.29 is 8.78 Å². The Kier molecular flexibility index (Phi) is 2.74. The number of alkyl halides is 2. The van der Waals surface area contributed by atoms with Crippen LogP contribution in [0.3, 0.4) is 0 Å². The van der Waals surface area contributed by atoms with Crippen LogP contribution in [0.25, 0.3) is 10.1 Å². The summed E-state index contributed by atoms with van der Waals surface area (Å²) in [5.41, 5.74) is 1.25. The Bertz CT molecular complexity index is 476. The molecule has 0 bridgehead atoms. The van der Waals surface area contributed by atoms with Gasteiger partial charge in [-0.15, -0.1) is 11.3 Å². The highest BCUT2D eigenvalue weighted by Crippen LogP contribution is 2.35. The quantitative estimate of drug-likeness (QED) is 0.664. The summed E-state index contributed by atoms with van der Waals surface area (Å²) in [7, 11) is 0. The maximum Gasteiger partial charge on any atom is 0.265 e. The zero-order valence-electron chi connectivity index (χ0n) is 7.35. The largest absolute Gasteiger partial charge is 0.265 e. The number of hydrogen-bond donors (Lipinski definition) is 0. The number of halogens is 3. The maximum absolute atomic E-state index is 12.7. The maximum atomic E-state index is 12.7. The Labute approximate surface area is 98.1 Å². The van der Waals surface area contributed by atoms with Crippen molar-refractivity contribution in [1.82, 2.24) is 0 Å². The van der Waals surface area contributed by atoms with Gasteiger partial charge in [0.1, 0.15) is 0 Å². The molecule has 0 unspecified atom stereocenters. The van der Waals surface area contributed by atoms with Gasteiger partial charge >= 0.3 is 0 Å².